The van der Waals surface area contributed by atoms with Crippen molar-refractivity contribution in [2.45, 2.75) is 63.6 Å². The molecule has 1 saturated heterocycles. The van der Waals surface area contributed by atoms with E-state index < -0.39 is 7.12 Å². The topological polar surface area (TPSA) is 49.7 Å². The molecule has 1 aliphatic rings. The summed E-state index contributed by atoms with van der Waals surface area (Å²) >= 11 is 0. The minimum atomic E-state index is -0.511. The highest BCUT2D eigenvalue weighted by atomic mass is 16.5. The van der Waals surface area contributed by atoms with Crippen molar-refractivity contribution in [1.29, 1.82) is 0 Å². The van der Waals surface area contributed by atoms with Gasteiger partial charge in [-0.1, -0.05) is 38.5 Å². The van der Waals surface area contributed by atoms with Crippen LogP contribution in [-0.2, 0) is 4.65 Å². The standard InChI is InChI=1S/C12H25BO3/c14-10-6-4-2-1-3-5-8-12-9-7-11-16-13(12)15/h12,14-15H,1-11H2. The predicted octanol–water partition coefficient (Wildman–Crippen LogP) is 2.37. The second kappa shape index (κ2) is 9.02. The quantitative estimate of drug-likeness (QED) is 0.495. The summed E-state index contributed by atoms with van der Waals surface area (Å²) in [7, 11) is -0.511. The molecule has 2 N–H and O–H groups in total. The molecule has 16 heavy (non-hydrogen) atoms. The van der Waals surface area contributed by atoms with Crippen LogP contribution in [0.5, 0.6) is 0 Å². The molecule has 1 fully saturated rings. The largest absolute Gasteiger partial charge is 0.457 e. The van der Waals surface area contributed by atoms with Gasteiger partial charge in [0.1, 0.15) is 0 Å². The molecular formula is C12H25BO3. The van der Waals surface area contributed by atoms with E-state index in [1.165, 1.54) is 25.7 Å². The van der Waals surface area contributed by atoms with Crippen LogP contribution in [0.1, 0.15) is 57.8 Å². The number of aliphatic hydroxyl groups excluding tert-OH is 1. The van der Waals surface area contributed by atoms with Crippen LogP contribution in [0.15, 0.2) is 0 Å². The van der Waals surface area contributed by atoms with Gasteiger partial charge in [-0.05, 0) is 25.1 Å². The first-order valence-corrected chi connectivity index (χ1v) is 6.75. The van der Waals surface area contributed by atoms with E-state index in [-0.39, 0.29) is 0 Å². The number of hydrogen-bond donors (Lipinski definition) is 2. The summed E-state index contributed by atoms with van der Waals surface area (Å²) in [6.07, 6.45) is 10.3. The molecule has 0 bridgehead atoms. The predicted molar refractivity (Wildman–Crippen MR) is 66.3 cm³/mol. The normalized spacial score (nSPS) is 21.4. The smallest absolute Gasteiger partial charge is 0.427 e. The summed E-state index contributed by atoms with van der Waals surface area (Å²) in [6, 6.07) is 0. The minimum Gasteiger partial charge on any atom is -0.427 e. The van der Waals surface area contributed by atoms with Crippen LogP contribution >= 0.6 is 0 Å². The molecule has 0 amide bonds. The molecule has 0 radical (unpaired) electrons. The van der Waals surface area contributed by atoms with Crippen LogP contribution in [0.3, 0.4) is 0 Å². The summed E-state index contributed by atoms with van der Waals surface area (Å²) in [6.45, 7) is 1.05. The third kappa shape index (κ3) is 5.87. The van der Waals surface area contributed by atoms with E-state index in [2.05, 4.69) is 0 Å². The van der Waals surface area contributed by atoms with Crippen molar-refractivity contribution in [2.24, 2.45) is 0 Å². The van der Waals surface area contributed by atoms with Crippen molar-refractivity contribution in [3.05, 3.63) is 0 Å². The average Bonchev–Trinajstić information content (AvgIpc) is 2.30. The van der Waals surface area contributed by atoms with Gasteiger partial charge in [0.05, 0.1) is 0 Å². The zero-order valence-corrected chi connectivity index (χ0v) is 10.2. The lowest BCUT2D eigenvalue weighted by molar-refractivity contribution is 0.207. The maximum Gasteiger partial charge on any atom is 0.457 e. The van der Waals surface area contributed by atoms with E-state index in [4.69, 9.17) is 9.76 Å². The monoisotopic (exact) mass is 228 g/mol. The molecule has 1 rings (SSSR count). The first-order valence-electron chi connectivity index (χ1n) is 6.75. The van der Waals surface area contributed by atoms with Gasteiger partial charge in [0.25, 0.3) is 0 Å². The maximum atomic E-state index is 9.59. The molecule has 1 unspecified atom stereocenters. The first-order chi connectivity index (χ1) is 7.84. The Morgan fingerprint density at radius 3 is 2.44 bits per heavy atom. The van der Waals surface area contributed by atoms with Gasteiger partial charge < -0.3 is 14.8 Å². The molecule has 0 aromatic carbocycles. The van der Waals surface area contributed by atoms with Gasteiger partial charge in [-0.25, -0.2) is 0 Å². The Hall–Kier alpha value is -0.0551. The fraction of sp³-hybridized carbons (Fsp3) is 1.00. The maximum absolute atomic E-state index is 9.59. The highest BCUT2D eigenvalue weighted by Crippen LogP contribution is 2.28. The van der Waals surface area contributed by atoms with E-state index in [0.717, 1.165) is 38.7 Å². The van der Waals surface area contributed by atoms with E-state index in [1.54, 1.807) is 0 Å². The van der Waals surface area contributed by atoms with Crippen LogP contribution in [0.25, 0.3) is 0 Å². The second-order valence-corrected chi connectivity index (χ2v) is 4.80. The molecule has 1 atom stereocenters. The van der Waals surface area contributed by atoms with Crippen LogP contribution < -0.4 is 0 Å². The van der Waals surface area contributed by atoms with E-state index in [0.29, 0.717) is 12.4 Å². The molecule has 1 heterocycles. The number of aliphatic hydroxyl groups is 1. The Morgan fingerprint density at radius 2 is 1.75 bits per heavy atom. The minimum absolute atomic E-state index is 0.325. The van der Waals surface area contributed by atoms with Gasteiger partial charge in [0.2, 0.25) is 0 Å². The SMILES string of the molecule is OCCCCCCCCC1CCCOB1O. The van der Waals surface area contributed by atoms with Crippen LogP contribution in [0, 0.1) is 0 Å². The summed E-state index contributed by atoms with van der Waals surface area (Å²) in [4.78, 5) is 0. The van der Waals surface area contributed by atoms with Crippen molar-refractivity contribution >= 4 is 7.12 Å². The highest BCUT2D eigenvalue weighted by Gasteiger charge is 2.29. The summed E-state index contributed by atoms with van der Waals surface area (Å²) < 4.78 is 5.23. The molecule has 0 saturated carbocycles. The molecule has 94 valence electrons. The van der Waals surface area contributed by atoms with Crippen LogP contribution in [0.2, 0.25) is 5.82 Å². The molecule has 0 aromatic heterocycles. The Morgan fingerprint density at radius 1 is 1.06 bits per heavy atom. The third-order valence-corrected chi connectivity index (χ3v) is 3.39. The van der Waals surface area contributed by atoms with Crippen molar-refractivity contribution < 1.29 is 14.8 Å². The number of hydrogen-bond acceptors (Lipinski definition) is 3. The third-order valence-electron chi connectivity index (χ3n) is 3.39. The van der Waals surface area contributed by atoms with Gasteiger partial charge in [-0.15, -0.1) is 0 Å². The van der Waals surface area contributed by atoms with Crippen molar-refractivity contribution in [3.63, 3.8) is 0 Å². The fourth-order valence-electron chi connectivity index (χ4n) is 2.34. The molecule has 0 spiro atoms. The van der Waals surface area contributed by atoms with E-state index in [9.17, 15) is 5.02 Å². The Balaban J connectivity index is 1.90. The van der Waals surface area contributed by atoms with Gasteiger partial charge in [-0.3, -0.25) is 0 Å². The fourth-order valence-corrected chi connectivity index (χ4v) is 2.34. The van der Waals surface area contributed by atoms with Crippen LogP contribution in [-0.4, -0.2) is 30.5 Å². The van der Waals surface area contributed by atoms with Gasteiger partial charge in [0.15, 0.2) is 0 Å². The van der Waals surface area contributed by atoms with Crippen molar-refractivity contribution in [2.75, 3.05) is 13.2 Å². The lowest BCUT2D eigenvalue weighted by Gasteiger charge is -2.24. The molecular weight excluding hydrogens is 203 g/mol. The highest BCUT2D eigenvalue weighted by molar-refractivity contribution is 6.44. The average molecular weight is 228 g/mol. The molecule has 4 heteroatoms. The molecule has 1 aliphatic heterocycles. The molecule has 0 aliphatic carbocycles. The molecule has 0 aromatic rings. The Labute approximate surface area is 99.3 Å². The second-order valence-electron chi connectivity index (χ2n) is 4.80. The van der Waals surface area contributed by atoms with Crippen molar-refractivity contribution in [3.8, 4) is 0 Å². The Kier molecular flexibility index (Phi) is 7.90. The lowest BCUT2D eigenvalue weighted by atomic mass is 9.65. The zero-order chi connectivity index (χ0) is 11.6. The van der Waals surface area contributed by atoms with Gasteiger partial charge in [-0.2, -0.15) is 0 Å². The lowest BCUT2D eigenvalue weighted by Crippen LogP contribution is -2.30. The summed E-state index contributed by atoms with van der Waals surface area (Å²) in [5.41, 5.74) is 0. The van der Waals surface area contributed by atoms with E-state index in [1.807, 2.05) is 0 Å². The first kappa shape index (κ1) is 14.0. The van der Waals surface area contributed by atoms with Gasteiger partial charge in [0, 0.05) is 13.2 Å². The summed E-state index contributed by atoms with van der Waals surface area (Å²) in [5, 5.41) is 18.2. The van der Waals surface area contributed by atoms with Crippen LogP contribution in [0.4, 0.5) is 0 Å². The zero-order valence-electron chi connectivity index (χ0n) is 10.2. The van der Waals surface area contributed by atoms with E-state index >= 15 is 0 Å². The number of rotatable bonds is 8. The van der Waals surface area contributed by atoms with Crippen molar-refractivity contribution in [1.82, 2.24) is 0 Å². The number of unbranched alkanes of at least 4 members (excludes halogenated alkanes) is 5. The summed E-state index contributed by atoms with van der Waals surface area (Å²) in [5.74, 6) is 0.367. The van der Waals surface area contributed by atoms with Gasteiger partial charge >= 0.3 is 7.12 Å². The Bertz CT molecular complexity index is 166. The molecule has 3 nitrogen and oxygen atoms in total.